The highest BCUT2D eigenvalue weighted by Crippen LogP contribution is 2.24. The van der Waals surface area contributed by atoms with E-state index in [1.54, 1.807) is 23.6 Å². The number of hydrogen-bond acceptors (Lipinski definition) is 5. The summed E-state index contributed by atoms with van der Waals surface area (Å²) in [6, 6.07) is 11.4. The van der Waals surface area contributed by atoms with Crippen molar-refractivity contribution in [1.82, 2.24) is 4.98 Å². The van der Waals surface area contributed by atoms with Crippen molar-refractivity contribution >= 4 is 28.3 Å². The van der Waals surface area contributed by atoms with Crippen LogP contribution < -0.4 is 5.32 Å². The van der Waals surface area contributed by atoms with E-state index < -0.39 is 24.3 Å². The van der Waals surface area contributed by atoms with Crippen LogP contribution in [0.25, 0.3) is 11.3 Å². The molecule has 1 N–H and O–H groups in total. The molecule has 5 nitrogen and oxygen atoms in total. The smallest absolute Gasteiger partial charge is 0.310 e. The van der Waals surface area contributed by atoms with Crippen molar-refractivity contribution in [3.63, 3.8) is 0 Å². The number of nitrogens with one attached hydrogen (secondary N) is 1. The zero-order chi connectivity index (χ0) is 19.2. The highest BCUT2D eigenvalue weighted by molar-refractivity contribution is 7.14. The fourth-order valence-electron chi connectivity index (χ4n) is 2.25. The first-order valence-electron chi connectivity index (χ1n) is 7.91. The van der Waals surface area contributed by atoms with Gasteiger partial charge in [-0.1, -0.05) is 12.1 Å². The first-order chi connectivity index (χ1) is 13.0. The maximum Gasteiger partial charge on any atom is 0.310 e. The van der Waals surface area contributed by atoms with Crippen molar-refractivity contribution in [2.75, 3.05) is 11.9 Å². The van der Waals surface area contributed by atoms with Crippen molar-refractivity contribution < 1.29 is 23.1 Å². The van der Waals surface area contributed by atoms with Gasteiger partial charge in [0.1, 0.15) is 11.6 Å². The maximum absolute atomic E-state index is 13.1. The number of rotatable bonds is 6. The van der Waals surface area contributed by atoms with E-state index in [4.69, 9.17) is 4.74 Å². The van der Waals surface area contributed by atoms with Gasteiger partial charge >= 0.3 is 5.97 Å². The Balaban J connectivity index is 1.49. The maximum atomic E-state index is 13.1. The van der Waals surface area contributed by atoms with Crippen molar-refractivity contribution in [2.45, 2.75) is 6.42 Å². The minimum atomic E-state index is -0.637. The predicted octanol–water partition coefficient (Wildman–Crippen LogP) is 3.81. The molecule has 0 fully saturated rings. The summed E-state index contributed by atoms with van der Waals surface area (Å²) in [5, 5.41) is 4.58. The van der Waals surface area contributed by atoms with Gasteiger partial charge in [0.05, 0.1) is 12.1 Å². The second-order valence-corrected chi connectivity index (χ2v) is 6.42. The lowest BCUT2D eigenvalue weighted by Gasteiger charge is -2.05. The topological polar surface area (TPSA) is 68.3 Å². The molecule has 2 aromatic carbocycles. The van der Waals surface area contributed by atoms with Crippen LogP contribution in [0.2, 0.25) is 0 Å². The Bertz CT molecular complexity index is 958. The Labute approximate surface area is 157 Å². The summed E-state index contributed by atoms with van der Waals surface area (Å²) in [6.07, 6.45) is -0.128. The third-order valence-corrected chi connectivity index (χ3v) is 4.25. The lowest BCUT2D eigenvalue weighted by molar-refractivity contribution is -0.146. The number of carbonyl (C=O) groups excluding carboxylic acids is 2. The van der Waals surface area contributed by atoms with E-state index in [9.17, 15) is 18.4 Å². The summed E-state index contributed by atoms with van der Waals surface area (Å²) in [5.41, 5.74) is 1.78. The van der Waals surface area contributed by atoms with Crippen LogP contribution in [-0.2, 0) is 20.7 Å². The largest absolute Gasteiger partial charge is 0.455 e. The molecule has 1 heterocycles. The number of benzene rings is 2. The second kappa shape index (κ2) is 8.50. The van der Waals surface area contributed by atoms with Gasteiger partial charge in [-0.3, -0.25) is 14.9 Å². The van der Waals surface area contributed by atoms with Gasteiger partial charge in [0.2, 0.25) is 0 Å². The van der Waals surface area contributed by atoms with Gasteiger partial charge in [-0.15, -0.1) is 11.3 Å². The van der Waals surface area contributed by atoms with Gasteiger partial charge in [0, 0.05) is 10.9 Å². The van der Waals surface area contributed by atoms with E-state index in [0.29, 0.717) is 16.4 Å². The van der Waals surface area contributed by atoms with Crippen LogP contribution in [0.15, 0.2) is 53.9 Å². The van der Waals surface area contributed by atoms with E-state index in [0.717, 1.165) is 5.56 Å². The summed E-state index contributed by atoms with van der Waals surface area (Å²) in [6.45, 7) is -0.473. The lowest BCUT2D eigenvalue weighted by Crippen LogP contribution is -2.21. The molecule has 3 aromatic rings. The van der Waals surface area contributed by atoms with E-state index in [1.165, 1.54) is 41.7 Å². The molecular formula is C19H14F2N2O3S. The number of esters is 1. The molecule has 27 heavy (non-hydrogen) atoms. The van der Waals surface area contributed by atoms with Crippen LogP contribution in [0.5, 0.6) is 0 Å². The minimum Gasteiger partial charge on any atom is -0.455 e. The highest BCUT2D eigenvalue weighted by Gasteiger charge is 2.12. The number of amides is 1. The normalized spacial score (nSPS) is 10.4. The zero-order valence-corrected chi connectivity index (χ0v) is 14.8. The van der Waals surface area contributed by atoms with Gasteiger partial charge in [-0.25, -0.2) is 13.8 Å². The van der Waals surface area contributed by atoms with Crippen LogP contribution in [0.1, 0.15) is 5.56 Å². The van der Waals surface area contributed by atoms with Crippen molar-refractivity contribution in [3.8, 4) is 11.3 Å². The average Bonchev–Trinajstić information content (AvgIpc) is 3.09. The Morgan fingerprint density at radius 2 is 1.85 bits per heavy atom. The Morgan fingerprint density at radius 3 is 2.59 bits per heavy atom. The number of halogens is 2. The van der Waals surface area contributed by atoms with Gasteiger partial charge in [-0.05, 0) is 42.0 Å². The quantitative estimate of drug-likeness (QED) is 0.652. The standard InChI is InChI=1S/C19H14F2N2O3S/c20-14-6-4-13(5-7-14)16-11-27-19(22-16)23-17(24)10-26-18(25)9-12-2-1-3-15(21)8-12/h1-8,11H,9-10H2,(H,22,23,24). The number of hydrogen-bond donors (Lipinski definition) is 1. The Kier molecular flexibility index (Phi) is 5.87. The van der Waals surface area contributed by atoms with E-state index >= 15 is 0 Å². The molecule has 0 bridgehead atoms. The molecule has 0 unspecified atom stereocenters. The SMILES string of the molecule is O=C(COC(=O)Cc1cccc(F)c1)Nc1nc(-c2ccc(F)cc2)cs1. The molecule has 0 saturated heterocycles. The van der Waals surface area contributed by atoms with E-state index in [-0.39, 0.29) is 12.2 Å². The van der Waals surface area contributed by atoms with Gasteiger partial charge in [0.15, 0.2) is 11.7 Å². The molecule has 1 aromatic heterocycles. The molecule has 0 atom stereocenters. The molecule has 0 spiro atoms. The van der Waals surface area contributed by atoms with Gasteiger partial charge in [0.25, 0.3) is 5.91 Å². The molecule has 0 radical (unpaired) electrons. The third kappa shape index (κ3) is 5.42. The molecule has 8 heteroatoms. The van der Waals surface area contributed by atoms with Crippen LogP contribution >= 0.6 is 11.3 Å². The number of ether oxygens (including phenoxy) is 1. The third-order valence-electron chi connectivity index (χ3n) is 3.49. The minimum absolute atomic E-state index is 0.128. The Hall–Kier alpha value is -3.13. The van der Waals surface area contributed by atoms with Crippen LogP contribution in [0, 0.1) is 11.6 Å². The molecule has 1 amide bonds. The summed E-state index contributed by atoms with van der Waals surface area (Å²) in [7, 11) is 0. The predicted molar refractivity (Wildman–Crippen MR) is 97.2 cm³/mol. The molecule has 3 rings (SSSR count). The highest BCUT2D eigenvalue weighted by atomic mass is 32.1. The van der Waals surface area contributed by atoms with Gasteiger partial charge < -0.3 is 4.74 Å². The number of anilines is 1. The van der Waals surface area contributed by atoms with E-state index in [2.05, 4.69) is 10.3 Å². The van der Waals surface area contributed by atoms with Crippen LogP contribution in [0.3, 0.4) is 0 Å². The average molecular weight is 388 g/mol. The van der Waals surface area contributed by atoms with Crippen molar-refractivity contribution in [2.24, 2.45) is 0 Å². The summed E-state index contributed by atoms with van der Waals surface area (Å²) < 4.78 is 30.9. The van der Waals surface area contributed by atoms with Crippen LogP contribution in [-0.4, -0.2) is 23.5 Å². The van der Waals surface area contributed by atoms with Gasteiger partial charge in [-0.2, -0.15) is 0 Å². The number of carbonyl (C=O) groups is 2. The zero-order valence-electron chi connectivity index (χ0n) is 13.9. The molecule has 0 aliphatic carbocycles. The molecule has 138 valence electrons. The first-order valence-corrected chi connectivity index (χ1v) is 8.79. The summed E-state index contributed by atoms with van der Waals surface area (Å²) in [4.78, 5) is 27.8. The molecule has 0 aliphatic rings. The monoisotopic (exact) mass is 388 g/mol. The molecule has 0 aliphatic heterocycles. The molecule has 0 saturated carbocycles. The number of aromatic nitrogens is 1. The number of thiazole rings is 1. The van der Waals surface area contributed by atoms with E-state index in [1.807, 2.05) is 0 Å². The number of nitrogens with zero attached hydrogens (tertiary/aromatic N) is 1. The fourth-order valence-corrected chi connectivity index (χ4v) is 2.99. The Morgan fingerprint density at radius 1 is 1.07 bits per heavy atom. The summed E-state index contributed by atoms with van der Waals surface area (Å²) in [5.74, 6) is -1.97. The summed E-state index contributed by atoms with van der Waals surface area (Å²) >= 11 is 1.20. The lowest BCUT2D eigenvalue weighted by atomic mass is 10.1. The van der Waals surface area contributed by atoms with Crippen LogP contribution in [0.4, 0.5) is 13.9 Å². The molecular weight excluding hydrogens is 374 g/mol. The van der Waals surface area contributed by atoms with Crippen molar-refractivity contribution in [3.05, 3.63) is 71.1 Å². The fraction of sp³-hybridized carbons (Fsp3) is 0.105. The second-order valence-electron chi connectivity index (χ2n) is 5.56. The van der Waals surface area contributed by atoms with Crippen molar-refractivity contribution in [1.29, 1.82) is 0 Å². The first kappa shape index (κ1) is 18.7.